The second-order valence-corrected chi connectivity index (χ2v) is 6.03. The summed E-state index contributed by atoms with van der Waals surface area (Å²) in [4.78, 5) is 25.9. The Hall–Kier alpha value is -3.35. The standard InChI is InChI=1S/C19H20N4O3/c1-22(2)18(24)12-23-11-13(10-20-23)21-19(25)16-8-9-17(26-3)15-7-5-4-6-14(15)16/h4-11H,12H2,1-3H3,(H,21,25). The third-order valence-electron chi connectivity index (χ3n) is 4.04. The summed E-state index contributed by atoms with van der Waals surface area (Å²) in [5, 5.41) is 8.61. The molecule has 0 aliphatic heterocycles. The molecule has 7 heteroatoms. The largest absolute Gasteiger partial charge is 0.496 e. The van der Waals surface area contributed by atoms with Crippen molar-refractivity contribution in [2.45, 2.75) is 6.54 Å². The molecule has 0 aliphatic carbocycles. The summed E-state index contributed by atoms with van der Waals surface area (Å²) in [7, 11) is 4.97. The average molecular weight is 352 g/mol. The van der Waals surface area contributed by atoms with Crippen LogP contribution in [0.2, 0.25) is 0 Å². The molecule has 0 saturated heterocycles. The van der Waals surface area contributed by atoms with Crippen LogP contribution >= 0.6 is 0 Å². The van der Waals surface area contributed by atoms with E-state index in [0.29, 0.717) is 17.0 Å². The molecule has 0 saturated carbocycles. The van der Waals surface area contributed by atoms with Gasteiger partial charge in [-0.15, -0.1) is 0 Å². The lowest BCUT2D eigenvalue weighted by Gasteiger charge is -2.10. The summed E-state index contributed by atoms with van der Waals surface area (Å²) < 4.78 is 6.85. The van der Waals surface area contributed by atoms with Crippen molar-refractivity contribution < 1.29 is 14.3 Å². The number of aromatic nitrogens is 2. The van der Waals surface area contributed by atoms with E-state index in [4.69, 9.17) is 4.74 Å². The Balaban J connectivity index is 1.82. The highest BCUT2D eigenvalue weighted by atomic mass is 16.5. The number of rotatable bonds is 5. The van der Waals surface area contributed by atoms with Gasteiger partial charge in [-0.1, -0.05) is 24.3 Å². The maximum Gasteiger partial charge on any atom is 0.256 e. The molecule has 2 aromatic carbocycles. The van der Waals surface area contributed by atoms with E-state index in [1.165, 1.54) is 15.8 Å². The summed E-state index contributed by atoms with van der Waals surface area (Å²) in [6.45, 7) is 0.119. The molecule has 0 spiro atoms. The number of ether oxygens (including phenoxy) is 1. The molecular weight excluding hydrogens is 332 g/mol. The molecule has 7 nitrogen and oxygen atoms in total. The number of carbonyl (C=O) groups is 2. The van der Waals surface area contributed by atoms with Gasteiger partial charge in [0.1, 0.15) is 12.3 Å². The molecule has 0 radical (unpaired) electrons. The number of fused-ring (bicyclic) bond motifs is 1. The molecule has 2 amide bonds. The van der Waals surface area contributed by atoms with Crippen molar-refractivity contribution in [2.75, 3.05) is 26.5 Å². The Morgan fingerprint density at radius 1 is 1.15 bits per heavy atom. The number of benzene rings is 2. The van der Waals surface area contributed by atoms with Crippen molar-refractivity contribution in [1.82, 2.24) is 14.7 Å². The van der Waals surface area contributed by atoms with Crippen LogP contribution in [0.4, 0.5) is 5.69 Å². The highest BCUT2D eigenvalue weighted by Gasteiger charge is 2.14. The summed E-state index contributed by atoms with van der Waals surface area (Å²) in [6, 6.07) is 11.1. The Morgan fingerprint density at radius 2 is 1.88 bits per heavy atom. The van der Waals surface area contributed by atoms with Crippen LogP contribution in [0.15, 0.2) is 48.8 Å². The zero-order valence-electron chi connectivity index (χ0n) is 14.9. The predicted molar refractivity (Wildman–Crippen MR) is 99.4 cm³/mol. The van der Waals surface area contributed by atoms with Gasteiger partial charge in [0.05, 0.1) is 19.0 Å². The van der Waals surface area contributed by atoms with Gasteiger partial charge in [-0.05, 0) is 17.5 Å². The molecule has 26 heavy (non-hydrogen) atoms. The van der Waals surface area contributed by atoms with E-state index >= 15 is 0 Å². The van der Waals surface area contributed by atoms with Gasteiger partial charge in [-0.25, -0.2) is 0 Å². The lowest BCUT2D eigenvalue weighted by Crippen LogP contribution is -2.26. The number of anilines is 1. The highest BCUT2D eigenvalue weighted by molar-refractivity contribution is 6.13. The quantitative estimate of drug-likeness (QED) is 0.765. The first-order valence-electron chi connectivity index (χ1n) is 8.09. The fourth-order valence-corrected chi connectivity index (χ4v) is 2.64. The van der Waals surface area contributed by atoms with Gasteiger partial charge >= 0.3 is 0 Å². The first kappa shape index (κ1) is 17.5. The lowest BCUT2D eigenvalue weighted by atomic mass is 10.0. The maximum atomic E-state index is 12.7. The summed E-state index contributed by atoms with van der Waals surface area (Å²) in [5.74, 6) is 0.390. The van der Waals surface area contributed by atoms with E-state index in [1.54, 1.807) is 39.5 Å². The minimum absolute atomic E-state index is 0.0767. The van der Waals surface area contributed by atoms with E-state index in [0.717, 1.165) is 10.8 Å². The number of amides is 2. The van der Waals surface area contributed by atoms with Gasteiger partial charge in [0, 0.05) is 31.2 Å². The average Bonchev–Trinajstić information content (AvgIpc) is 3.07. The first-order valence-corrected chi connectivity index (χ1v) is 8.09. The Labute approximate surface area is 151 Å². The van der Waals surface area contributed by atoms with Crippen LogP contribution in [0, 0.1) is 0 Å². The number of nitrogens with zero attached hydrogens (tertiary/aromatic N) is 3. The number of carbonyl (C=O) groups excluding carboxylic acids is 2. The number of nitrogens with one attached hydrogen (secondary N) is 1. The summed E-state index contributed by atoms with van der Waals surface area (Å²) >= 11 is 0. The number of hydrogen-bond acceptors (Lipinski definition) is 4. The third kappa shape index (κ3) is 3.51. The molecule has 0 fully saturated rings. The van der Waals surface area contributed by atoms with E-state index in [9.17, 15) is 9.59 Å². The van der Waals surface area contributed by atoms with Gasteiger partial charge in [0.15, 0.2) is 0 Å². The second kappa shape index (κ2) is 7.26. The van der Waals surface area contributed by atoms with E-state index in [1.807, 2.05) is 24.3 Å². The zero-order valence-corrected chi connectivity index (χ0v) is 14.9. The van der Waals surface area contributed by atoms with Crippen LogP contribution in [0.3, 0.4) is 0 Å². The van der Waals surface area contributed by atoms with Gasteiger partial charge in [0.2, 0.25) is 5.91 Å². The molecule has 134 valence electrons. The lowest BCUT2D eigenvalue weighted by molar-refractivity contribution is -0.129. The van der Waals surface area contributed by atoms with Crippen molar-refractivity contribution >= 4 is 28.3 Å². The van der Waals surface area contributed by atoms with Crippen LogP contribution in [0.25, 0.3) is 10.8 Å². The van der Waals surface area contributed by atoms with E-state index in [2.05, 4.69) is 10.4 Å². The number of methoxy groups -OCH3 is 1. The molecule has 0 atom stereocenters. The topological polar surface area (TPSA) is 76.5 Å². The smallest absolute Gasteiger partial charge is 0.256 e. The second-order valence-electron chi connectivity index (χ2n) is 6.03. The minimum atomic E-state index is -0.248. The molecule has 3 aromatic rings. The fourth-order valence-electron chi connectivity index (χ4n) is 2.64. The fraction of sp³-hybridized carbons (Fsp3) is 0.211. The molecule has 1 heterocycles. The van der Waals surface area contributed by atoms with Crippen LogP contribution in [0.1, 0.15) is 10.4 Å². The Kier molecular flexibility index (Phi) is 4.88. The third-order valence-corrected chi connectivity index (χ3v) is 4.04. The molecule has 1 aromatic heterocycles. The van der Waals surface area contributed by atoms with E-state index < -0.39 is 0 Å². The normalized spacial score (nSPS) is 10.6. The van der Waals surface area contributed by atoms with Crippen LogP contribution in [0.5, 0.6) is 5.75 Å². The number of hydrogen-bond donors (Lipinski definition) is 1. The van der Waals surface area contributed by atoms with Crippen molar-refractivity contribution in [3.8, 4) is 5.75 Å². The minimum Gasteiger partial charge on any atom is -0.496 e. The molecule has 3 rings (SSSR count). The van der Waals surface area contributed by atoms with Crippen molar-refractivity contribution in [3.63, 3.8) is 0 Å². The maximum absolute atomic E-state index is 12.7. The van der Waals surface area contributed by atoms with Gasteiger partial charge < -0.3 is 15.0 Å². The van der Waals surface area contributed by atoms with Crippen molar-refractivity contribution in [1.29, 1.82) is 0 Å². The molecule has 1 N–H and O–H groups in total. The Morgan fingerprint density at radius 3 is 2.58 bits per heavy atom. The summed E-state index contributed by atoms with van der Waals surface area (Å²) in [5.41, 5.74) is 1.07. The molecule has 0 aliphatic rings. The van der Waals surface area contributed by atoms with Crippen molar-refractivity contribution in [2.24, 2.45) is 0 Å². The zero-order chi connectivity index (χ0) is 18.7. The van der Waals surface area contributed by atoms with Crippen molar-refractivity contribution in [3.05, 3.63) is 54.4 Å². The van der Waals surface area contributed by atoms with Gasteiger partial charge in [-0.3, -0.25) is 14.3 Å². The summed E-state index contributed by atoms with van der Waals surface area (Å²) in [6.07, 6.45) is 3.15. The monoisotopic (exact) mass is 352 g/mol. The van der Waals surface area contributed by atoms with Crippen LogP contribution in [-0.2, 0) is 11.3 Å². The first-order chi connectivity index (χ1) is 12.5. The van der Waals surface area contributed by atoms with E-state index in [-0.39, 0.29) is 18.4 Å². The highest BCUT2D eigenvalue weighted by Crippen LogP contribution is 2.28. The molecular formula is C19H20N4O3. The molecule has 0 bridgehead atoms. The Bertz CT molecular complexity index is 962. The molecule has 0 unspecified atom stereocenters. The SMILES string of the molecule is COc1ccc(C(=O)Nc2cnn(CC(=O)N(C)C)c2)c2ccccc12. The van der Waals surface area contributed by atoms with Crippen LogP contribution in [-0.4, -0.2) is 47.7 Å². The number of likely N-dealkylation sites (N-methyl/N-ethyl adjacent to an activating group) is 1. The van der Waals surface area contributed by atoms with Gasteiger partial charge in [-0.2, -0.15) is 5.10 Å². The van der Waals surface area contributed by atoms with Gasteiger partial charge in [0.25, 0.3) is 5.91 Å². The predicted octanol–water partition coefficient (Wildman–Crippen LogP) is 2.39. The van der Waals surface area contributed by atoms with Crippen LogP contribution < -0.4 is 10.1 Å².